The van der Waals surface area contributed by atoms with Crippen LogP contribution in [0.15, 0.2) is 0 Å². The fraction of sp³-hybridized carbons (Fsp3) is 0.941. The molecule has 0 aromatic carbocycles. The molecule has 2 aliphatic rings. The summed E-state index contributed by atoms with van der Waals surface area (Å²) >= 11 is 0. The lowest BCUT2D eigenvalue weighted by Gasteiger charge is -2.42. The first-order valence-corrected chi connectivity index (χ1v) is 8.72. The normalized spacial score (nSPS) is 30.5. The van der Waals surface area contributed by atoms with Gasteiger partial charge in [0.25, 0.3) is 0 Å². The molecule has 0 bridgehead atoms. The summed E-state index contributed by atoms with van der Waals surface area (Å²) in [6.07, 6.45) is 8.48. The van der Waals surface area contributed by atoms with Gasteiger partial charge in [-0.2, -0.15) is 0 Å². The van der Waals surface area contributed by atoms with Crippen LogP contribution in [0.25, 0.3) is 0 Å². The van der Waals surface area contributed by atoms with Crippen molar-refractivity contribution in [2.45, 2.75) is 76.9 Å². The van der Waals surface area contributed by atoms with Crippen LogP contribution >= 0.6 is 0 Å². The molecule has 122 valence electrons. The maximum atomic E-state index is 12.9. The van der Waals surface area contributed by atoms with Crippen LogP contribution in [0, 0.1) is 5.92 Å². The molecule has 1 amide bonds. The zero-order valence-corrected chi connectivity index (χ0v) is 13.9. The Morgan fingerprint density at radius 1 is 1.29 bits per heavy atom. The Balaban J connectivity index is 1.95. The average molecular weight is 296 g/mol. The monoisotopic (exact) mass is 296 g/mol. The van der Waals surface area contributed by atoms with Gasteiger partial charge in [0, 0.05) is 25.7 Å². The number of nitrogens with one attached hydrogen (secondary N) is 1. The third-order valence-corrected chi connectivity index (χ3v) is 5.39. The van der Waals surface area contributed by atoms with Gasteiger partial charge in [-0.25, -0.2) is 0 Å². The molecule has 1 aliphatic heterocycles. The third kappa shape index (κ3) is 4.19. The molecule has 1 aliphatic carbocycles. The number of ether oxygens (including phenoxy) is 1. The lowest BCUT2D eigenvalue weighted by Crippen LogP contribution is -2.57. The minimum atomic E-state index is 0.0233. The smallest absolute Gasteiger partial charge is 0.240 e. The average Bonchev–Trinajstić information content (AvgIpc) is 2.54. The highest BCUT2D eigenvalue weighted by Crippen LogP contribution is 2.32. The van der Waals surface area contributed by atoms with Crippen LogP contribution < -0.4 is 5.32 Å². The maximum absolute atomic E-state index is 12.9. The van der Waals surface area contributed by atoms with E-state index in [-0.39, 0.29) is 11.9 Å². The Morgan fingerprint density at radius 3 is 2.76 bits per heavy atom. The Hall–Kier alpha value is -0.610. The minimum absolute atomic E-state index is 0.0233. The van der Waals surface area contributed by atoms with Gasteiger partial charge in [0.05, 0.1) is 12.6 Å². The number of methoxy groups -OCH3 is 1. The highest BCUT2D eigenvalue weighted by Gasteiger charge is 2.36. The number of nitrogens with zero attached hydrogens (tertiary/aromatic N) is 1. The van der Waals surface area contributed by atoms with Crippen LogP contribution in [-0.2, 0) is 9.53 Å². The molecule has 1 saturated carbocycles. The zero-order valence-electron chi connectivity index (χ0n) is 13.9. The van der Waals surface area contributed by atoms with E-state index in [1.54, 1.807) is 7.11 Å². The van der Waals surface area contributed by atoms with Gasteiger partial charge in [-0.3, -0.25) is 4.79 Å². The first-order chi connectivity index (χ1) is 10.2. The van der Waals surface area contributed by atoms with E-state index in [0.29, 0.717) is 25.2 Å². The Morgan fingerprint density at radius 2 is 2.05 bits per heavy atom. The van der Waals surface area contributed by atoms with E-state index in [4.69, 9.17) is 4.74 Å². The molecule has 0 spiro atoms. The summed E-state index contributed by atoms with van der Waals surface area (Å²) in [7, 11) is 1.70. The summed E-state index contributed by atoms with van der Waals surface area (Å²) in [5.74, 6) is 1.09. The van der Waals surface area contributed by atoms with Crippen molar-refractivity contribution in [2.75, 3.05) is 20.3 Å². The van der Waals surface area contributed by atoms with E-state index in [0.717, 1.165) is 18.8 Å². The number of hydrogen-bond donors (Lipinski definition) is 1. The van der Waals surface area contributed by atoms with Crippen molar-refractivity contribution in [1.82, 2.24) is 10.2 Å². The van der Waals surface area contributed by atoms with Crippen LogP contribution in [-0.4, -0.2) is 49.2 Å². The van der Waals surface area contributed by atoms with Crippen molar-refractivity contribution in [2.24, 2.45) is 5.92 Å². The lowest BCUT2D eigenvalue weighted by atomic mass is 9.77. The van der Waals surface area contributed by atoms with Crippen LogP contribution in [0.4, 0.5) is 0 Å². The van der Waals surface area contributed by atoms with Gasteiger partial charge in [-0.05, 0) is 44.9 Å². The fourth-order valence-corrected chi connectivity index (χ4v) is 3.85. The van der Waals surface area contributed by atoms with Crippen molar-refractivity contribution in [3.05, 3.63) is 0 Å². The third-order valence-electron chi connectivity index (χ3n) is 5.39. The summed E-state index contributed by atoms with van der Waals surface area (Å²) in [6, 6.07) is 0.886. The number of amides is 1. The molecule has 0 aromatic rings. The molecule has 4 heteroatoms. The van der Waals surface area contributed by atoms with Gasteiger partial charge in [-0.15, -0.1) is 0 Å². The molecule has 4 atom stereocenters. The topological polar surface area (TPSA) is 41.6 Å². The second-order valence-corrected chi connectivity index (χ2v) is 6.73. The molecule has 4 unspecified atom stereocenters. The Labute approximate surface area is 129 Å². The summed E-state index contributed by atoms with van der Waals surface area (Å²) in [5.41, 5.74) is 0. The van der Waals surface area contributed by atoms with Gasteiger partial charge in [0.2, 0.25) is 5.91 Å². The highest BCUT2D eigenvalue weighted by molar-refractivity contribution is 5.82. The second-order valence-electron chi connectivity index (χ2n) is 6.73. The van der Waals surface area contributed by atoms with E-state index >= 15 is 0 Å². The lowest BCUT2D eigenvalue weighted by molar-refractivity contribution is -0.137. The predicted molar refractivity (Wildman–Crippen MR) is 85.2 cm³/mol. The van der Waals surface area contributed by atoms with Crippen molar-refractivity contribution >= 4 is 5.91 Å². The van der Waals surface area contributed by atoms with Crippen LogP contribution in [0.5, 0.6) is 0 Å². The quantitative estimate of drug-likeness (QED) is 0.819. The van der Waals surface area contributed by atoms with Crippen molar-refractivity contribution < 1.29 is 9.53 Å². The van der Waals surface area contributed by atoms with E-state index in [1.807, 2.05) is 4.90 Å². The van der Waals surface area contributed by atoms with Crippen molar-refractivity contribution in [3.8, 4) is 0 Å². The molecule has 4 nitrogen and oxygen atoms in total. The Kier molecular flexibility index (Phi) is 6.49. The minimum Gasteiger partial charge on any atom is -0.383 e. The predicted octanol–water partition coefficient (Wildman–Crippen LogP) is 2.57. The number of piperidine rings is 1. The van der Waals surface area contributed by atoms with Gasteiger partial charge in [0.15, 0.2) is 0 Å². The number of fused-ring (bicyclic) bond motifs is 1. The molecule has 1 N–H and O–H groups in total. The largest absolute Gasteiger partial charge is 0.383 e. The maximum Gasteiger partial charge on any atom is 0.240 e. The first-order valence-electron chi connectivity index (χ1n) is 8.72. The van der Waals surface area contributed by atoms with Gasteiger partial charge in [0.1, 0.15) is 0 Å². The van der Waals surface area contributed by atoms with Crippen LogP contribution in [0.1, 0.15) is 58.8 Å². The summed E-state index contributed by atoms with van der Waals surface area (Å²) in [6.45, 7) is 5.61. The molecule has 0 aromatic heterocycles. The number of hydrogen-bond acceptors (Lipinski definition) is 3. The molecule has 0 radical (unpaired) electrons. The SMILES string of the molecule is CCC(C)N(CCOC)C(=O)C1CCC2CCCCC2N1. The summed E-state index contributed by atoms with van der Waals surface area (Å²) in [4.78, 5) is 14.9. The molecular formula is C17H32N2O2. The van der Waals surface area contributed by atoms with E-state index < -0.39 is 0 Å². The van der Waals surface area contributed by atoms with Gasteiger partial charge >= 0.3 is 0 Å². The second kappa shape index (κ2) is 8.14. The Bertz CT molecular complexity index is 335. The highest BCUT2D eigenvalue weighted by atomic mass is 16.5. The van der Waals surface area contributed by atoms with Crippen molar-refractivity contribution in [3.63, 3.8) is 0 Å². The van der Waals surface area contributed by atoms with Crippen LogP contribution in [0.3, 0.4) is 0 Å². The van der Waals surface area contributed by atoms with E-state index in [1.165, 1.54) is 32.1 Å². The van der Waals surface area contributed by atoms with Gasteiger partial charge < -0.3 is 15.0 Å². The molecule has 21 heavy (non-hydrogen) atoms. The van der Waals surface area contributed by atoms with E-state index in [2.05, 4.69) is 19.2 Å². The zero-order chi connectivity index (χ0) is 15.2. The molecule has 2 rings (SSSR count). The van der Waals surface area contributed by atoms with Gasteiger partial charge in [-0.1, -0.05) is 19.8 Å². The standard InChI is InChI=1S/C17H32N2O2/c1-4-13(2)19(11-12-21-3)17(20)16-10-9-14-7-5-6-8-15(14)18-16/h13-16,18H,4-12H2,1-3H3. The summed E-state index contributed by atoms with van der Waals surface area (Å²) in [5, 5.41) is 3.66. The van der Waals surface area contributed by atoms with Crippen LogP contribution in [0.2, 0.25) is 0 Å². The van der Waals surface area contributed by atoms with Crippen molar-refractivity contribution in [1.29, 1.82) is 0 Å². The first kappa shape index (κ1) is 16.8. The molecule has 1 heterocycles. The number of carbonyl (C=O) groups excluding carboxylic acids is 1. The summed E-state index contributed by atoms with van der Waals surface area (Å²) < 4.78 is 5.18. The number of carbonyl (C=O) groups is 1. The number of rotatable bonds is 6. The molecule has 2 fully saturated rings. The molecule has 1 saturated heterocycles. The molecular weight excluding hydrogens is 264 g/mol. The van der Waals surface area contributed by atoms with E-state index in [9.17, 15) is 4.79 Å². The fourth-order valence-electron chi connectivity index (χ4n) is 3.85.